The van der Waals surface area contributed by atoms with Gasteiger partial charge in [-0.1, -0.05) is 6.07 Å². The van der Waals surface area contributed by atoms with Gasteiger partial charge in [-0.3, -0.25) is 4.98 Å². The zero-order valence-electron chi connectivity index (χ0n) is 13.2. The molecule has 0 fully saturated rings. The van der Waals surface area contributed by atoms with Crippen LogP contribution in [0.2, 0.25) is 0 Å². The zero-order valence-corrected chi connectivity index (χ0v) is 13.2. The maximum absolute atomic E-state index is 13.7. The highest BCUT2D eigenvalue weighted by Crippen LogP contribution is 2.35. The lowest BCUT2D eigenvalue weighted by molar-refractivity contribution is 0.0127. The van der Waals surface area contributed by atoms with Crippen molar-refractivity contribution < 1.29 is 8.78 Å². The lowest BCUT2D eigenvalue weighted by Crippen LogP contribution is -2.10. The minimum Gasteiger partial charge on any atom is -0.399 e. The molecule has 0 amide bonds. The molecule has 2 aromatic heterocycles. The maximum atomic E-state index is 13.7. The average Bonchev–Trinajstić information content (AvgIpc) is 2.54. The number of nitrogens with zero attached hydrogens (tertiary/aromatic N) is 3. The number of hydrogen-bond acceptors (Lipinski definition) is 4. The van der Waals surface area contributed by atoms with Gasteiger partial charge in [-0.15, -0.1) is 0 Å². The number of aromatic nitrogens is 3. The lowest BCUT2D eigenvalue weighted by Gasteiger charge is -2.15. The summed E-state index contributed by atoms with van der Waals surface area (Å²) >= 11 is 0. The summed E-state index contributed by atoms with van der Waals surface area (Å²) in [5.41, 5.74) is 8.61. The van der Waals surface area contributed by atoms with Crippen molar-refractivity contribution in [1.82, 2.24) is 15.0 Å². The van der Waals surface area contributed by atoms with Crippen LogP contribution in [0, 0.1) is 13.1 Å². The Balaban J connectivity index is 2.23. The molecular formula is C18H15F2N4. The summed E-state index contributed by atoms with van der Waals surface area (Å²) in [5.74, 6) is -2.59. The van der Waals surface area contributed by atoms with Gasteiger partial charge in [-0.05, 0) is 48.4 Å². The first kappa shape index (κ1) is 16.0. The zero-order chi connectivity index (χ0) is 17.3. The van der Waals surface area contributed by atoms with Gasteiger partial charge < -0.3 is 5.73 Å². The molecule has 1 aromatic carbocycles. The Bertz CT molecular complexity index is 874. The molecule has 0 unspecified atom stereocenters. The number of benzene rings is 1. The molecule has 0 spiro atoms. The largest absolute Gasteiger partial charge is 0.399 e. The molecule has 4 nitrogen and oxygen atoms in total. The van der Waals surface area contributed by atoms with Crippen molar-refractivity contribution in [2.24, 2.45) is 0 Å². The van der Waals surface area contributed by atoms with E-state index >= 15 is 0 Å². The highest BCUT2D eigenvalue weighted by Gasteiger charge is 2.27. The lowest BCUT2D eigenvalue weighted by atomic mass is 9.97. The van der Waals surface area contributed by atoms with E-state index in [1.807, 2.05) is 0 Å². The fourth-order valence-corrected chi connectivity index (χ4v) is 2.45. The Hall–Kier alpha value is -2.89. The van der Waals surface area contributed by atoms with Crippen molar-refractivity contribution in [3.8, 4) is 22.5 Å². The molecule has 3 rings (SSSR count). The SMILES string of the molecule is Cc1cc(-c2ccc(N)cc2-c2n[c]ccn2)cc(C(C)(F)F)n1. The molecule has 2 N–H and O–H groups in total. The van der Waals surface area contributed by atoms with E-state index in [0.717, 1.165) is 6.92 Å². The number of alkyl halides is 2. The Labute approximate surface area is 138 Å². The van der Waals surface area contributed by atoms with Crippen LogP contribution in [-0.4, -0.2) is 15.0 Å². The van der Waals surface area contributed by atoms with Gasteiger partial charge in [0.1, 0.15) is 5.69 Å². The summed E-state index contributed by atoms with van der Waals surface area (Å²) in [6, 6.07) is 9.92. The average molecular weight is 325 g/mol. The second kappa shape index (κ2) is 5.96. The van der Waals surface area contributed by atoms with Gasteiger partial charge in [-0.25, -0.2) is 9.97 Å². The minimum atomic E-state index is -3.02. The molecule has 0 saturated carbocycles. The third-order valence-corrected chi connectivity index (χ3v) is 3.52. The van der Waals surface area contributed by atoms with Crippen LogP contribution in [0.15, 0.2) is 42.6 Å². The Kier molecular flexibility index (Phi) is 3.97. The van der Waals surface area contributed by atoms with Crippen LogP contribution >= 0.6 is 0 Å². The molecule has 0 aliphatic carbocycles. The monoisotopic (exact) mass is 325 g/mol. The molecule has 1 radical (unpaired) electrons. The molecule has 0 saturated heterocycles. The summed E-state index contributed by atoms with van der Waals surface area (Å²) < 4.78 is 27.4. The van der Waals surface area contributed by atoms with E-state index in [2.05, 4.69) is 21.1 Å². The summed E-state index contributed by atoms with van der Waals surface area (Å²) in [6.45, 7) is 2.51. The number of rotatable bonds is 3. The summed E-state index contributed by atoms with van der Waals surface area (Å²) in [5, 5.41) is 0. The van der Waals surface area contributed by atoms with Gasteiger partial charge >= 0.3 is 0 Å². The molecule has 24 heavy (non-hydrogen) atoms. The third kappa shape index (κ3) is 3.22. The van der Waals surface area contributed by atoms with Crippen molar-refractivity contribution in [2.75, 3.05) is 5.73 Å². The molecule has 2 heterocycles. The Morgan fingerprint density at radius 3 is 2.58 bits per heavy atom. The van der Waals surface area contributed by atoms with Crippen LogP contribution in [0.4, 0.5) is 14.5 Å². The summed E-state index contributed by atoms with van der Waals surface area (Å²) in [6.07, 6.45) is 4.29. The summed E-state index contributed by atoms with van der Waals surface area (Å²) in [7, 11) is 0. The third-order valence-electron chi connectivity index (χ3n) is 3.52. The predicted octanol–water partition coefficient (Wildman–Crippen LogP) is 4.01. The maximum Gasteiger partial charge on any atom is 0.287 e. The molecule has 121 valence electrons. The molecule has 0 atom stereocenters. The normalized spacial score (nSPS) is 11.5. The van der Waals surface area contributed by atoms with E-state index in [-0.39, 0.29) is 5.69 Å². The Morgan fingerprint density at radius 2 is 1.92 bits per heavy atom. The topological polar surface area (TPSA) is 64.7 Å². The second-order valence-corrected chi connectivity index (χ2v) is 5.59. The van der Waals surface area contributed by atoms with Gasteiger partial charge in [0, 0.05) is 30.1 Å². The number of nitrogen functional groups attached to an aromatic ring is 1. The first-order valence-electron chi connectivity index (χ1n) is 7.31. The fourth-order valence-electron chi connectivity index (χ4n) is 2.45. The molecule has 6 heteroatoms. The number of aryl methyl sites for hydroxylation is 1. The number of nitrogens with two attached hydrogens (primary N) is 1. The highest BCUT2D eigenvalue weighted by atomic mass is 19.3. The highest BCUT2D eigenvalue weighted by molar-refractivity contribution is 5.83. The molecule has 0 bridgehead atoms. The number of pyridine rings is 1. The van der Waals surface area contributed by atoms with Gasteiger partial charge in [0.15, 0.2) is 5.82 Å². The van der Waals surface area contributed by atoms with Crippen LogP contribution in [0.25, 0.3) is 22.5 Å². The second-order valence-electron chi connectivity index (χ2n) is 5.59. The van der Waals surface area contributed by atoms with Crippen LogP contribution in [0.3, 0.4) is 0 Å². The van der Waals surface area contributed by atoms with E-state index in [0.29, 0.717) is 33.9 Å². The van der Waals surface area contributed by atoms with E-state index in [1.165, 1.54) is 6.07 Å². The van der Waals surface area contributed by atoms with Gasteiger partial charge in [0.25, 0.3) is 5.92 Å². The molecular weight excluding hydrogens is 310 g/mol. The predicted molar refractivity (Wildman–Crippen MR) is 88.3 cm³/mol. The van der Waals surface area contributed by atoms with Crippen molar-refractivity contribution in [2.45, 2.75) is 19.8 Å². The number of halogens is 2. The van der Waals surface area contributed by atoms with Gasteiger partial charge in [0.2, 0.25) is 0 Å². The summed E-state index contributed by atoms with van der Waals surface area (Å²) in [4.78, 5) is 12.3. The van der Waals surface area contributed by atoms with E-state index < -0.39 is 5.92 Å². The minimum absolute atomic E-state index is 0.277. The standard InChI is InChI=1S/C18H15F2N4/c1-11-8-12(9-16(24-11)18(2,19)20)14-5-4-13(21)10-15(14)17-22-6-3-7-23-17/h3-6,8-10H,21H2,1-2H3. The van der Waals surface area contributed by atoms with E-state index in [4.69, 9.17) is 5.73 Å². The van der Waals surface area contributed by atoms with Crippen molar-refractivity contribution in [3.63, 3.8) is 0 Å². The molecule has 0 aliphatic rings. The number of anilines is 1. The van der Waals surface area contributed by atoms with E-state index in [1.54, 1.807) is 43.5 Å². The Morgan fingerprint density at radius 1 is 1.12 bits per heavy atom. The first-order valence-corrected chi connectivity index (χ1v) is 7.31. The van der Waals surface area contributed by atoms with Crippen molar-refractivity contribution >= 4 is 5.69 Å². The van der Waals surface area contributed by atoms with E-state index in [9.17, 15) is 8.78 Å². The fraction of sp³-hybridized carbons (Fsp3) is 0.167. The van der Waals surface area contributed by atoms with Crippen LogP contribution in [0.5, 0.6) is 0 Å². The van der Waals surface area contributed by atoms with Gasteiger partial charge in [0.05, 0.1) is 6.20 Å². The van der Waals surface area contributed by atoms with Crippen LogP contribution in [0.1, 0.15) is 18.3 Å². The molecule has 0 aliphatic heterocycles. The number of hydrogen-bond donors (Lipinski definition) is 1. The first-order chi connectivity index (χ1) is 11.3. The van der Waals surface area contributed by atoms with Gasteiger partial charge in [-0.2, -0.15) is 8.78 Å². The smallest absolute Gasteiger partial charge is 0.287 e. The van der Waals surface area contributed by atoms with Crippen molar-refractivity contribution in [3.05, 3.63) is 60.2 Å². The molecule has 3 aromatic rings. The van der Waals surface area contributed by atoms with Crippen molar-refractivity contribution in [1.29, 1.82) is 0 Å². The quantitative estimate of drug-likeness (QED) is 0.739. The van der Waals surface area contributed by atoms with Crippen LogP contribution < -0.4 is 5.73 Å². The van der Waals surface area contributed by atoms with Crippen LogP contribution in [-0.2, 0) is 5.92 Å².